The van der Waals surface area contributed by atoms with E-state index in [4.69, 9.17) is 7.16 Å². The number of hydrogen-bond acceptors (Lipinski definition) is 5. The Bertz CT molecular complexity index is 3390. The van der Waals surface area contributed by atoms with Gasteiger partial charge in [-0.05, 0) is 101 Å². The van der Waals surface area contributed by atoms with Crippen molar-refractivity contribution in [2.75, 3.05) is 0 Å². The fraction of sp³-hybridized carbons (Fsp3) is 0.115. The normalized spacial score (nSPS) is 16.1. The summed E-state index contributed by atoms with van der Waals surface area (Å²) in [6.07, 6.45) is -14.9. The third-order valence-electron chi connectivity index (χ3n) is 8.90. The smallest absolute Gasteiger partial charge is 0.501 e. The minimum absolute atomic E-state index is 0. The molecule has 0 atom stereocenters. The van der Waals surface area contributed by atoms with Crippen LogP contribution in [0.3, 0.4) is 0 Å². The fourth-order valence-electron chi connectivity index (χ4n) is 6.11. The van der Waals surface area contributed by atoms with Crippen molar-refractivity contribution < 1.29 is 43.7 Å². The van der Waals surface area contributed by atoms with E-state index >= 15 is 0 Å². The monoisotopic (exact) mass is 940 g/mol. The van der Waals surface area contributed by atoms with Crippen LogP contribution in [0, 0.1) is 29.5 Å². The number of fused-ring (bicyclic) bond motifs is 3. The molecule has 5 nitrogen and oxygen atoms in total. The van der Waals surface area contributed by atoms with E-state index in [1.54, 1.807) is 60.7 Å². The van der Waals surface area contributed by atoms with Crippen molar-refractivity contribution in [2.45, 2.75) is 38.2 Å². The molecule has 0 aliphatic rings. The van der Waals surface area contributed by atoms with E-state index in [1.165, 1.54) is 42.5 Å². The number of aryl methyl sites for hydroxylation is 6. The number of nitriles is 1. The van der Waals surface area contributed by atoms with Crippen LogP contribution in [0.5, 0.6) is 0 Å². The SMILES string of the molecule is [2H]c1cc2c(oc3c(-c4ccc(C([2H])([2H])C([2H])([2H])c5cc(C([2H])([2H])C([2H])([2H])c6ccc(-c7[c-]cccc7)nc6)cc(C([2H])([2H])C([2H])([2H])c6ccc(-c7[c-]cccc7)nc6)c5)cn4)[c-]ccc32)c([2H])c1C#N.[Ir+3]. The molecule has 0 N–H and O–H groups in total. The molecule has 9 aromatic rings. The maximum Gasteiger partial charge on any atom is 3.00 e. The molecule has 0 aliphatic carbocycles. The van der Waals surface area contributed by atoms with Gasteiger partial charge in [0, 0.05) is 40.4 Å². The zero-order valence-electron chi connectivity index (χ0n) is 44.3. The van der Waals surface area contributed by atoms with E-state index in [0.717, 1.165) is 36.8 Å². The third kappa shape index (κ3) is 8.72. The Kier molecular flexibility index (Phi) is 7.64. The van der Waals surface area contributed by atoms with Gasteiger partial charge in [0.15, 0.2) is 0 Å². The predicted molar refractivity (Wildman–Crippen MR) is 226 cm³/mol. The third-order valence-corrected chi connectivity index (χ3v) is 8.90. The van der Waals surface area contributed by atoms with Crippen LogP contribution >= 0.6 is 0 Å². The molecule has 0 saturated heterocycles. The summed E-state index contributed by atoms with van der Waals surface area (Å²) in [6.45, 7) is 0. The molecule has 5 aromatic carbocycles. The molecule has 4 aromatic heterocycles. The minimum atomic E-state index is -3.17. The zero-order chi connectivity index (χ0) is 50.9. The first kappa shape index (κ1) is 25.0. The van der Waals surface area contributed by atoms with E-state index in [2.05, 4.69) is 33.2 Å². The molecule has 280 valence electrons. The van der Waals surface area contributed by atoms with E-state index in [-0.39, 0.29) is 76.9 Å². The molecular formula is C52H37IrN4O. The Balaban J connectivity index is 0.00000693. The standard InChI is InChI=1S/C52H37N4O.Ir/c53-32-42-20-24-45-46-12-7-13-47(52(46)57-51(45)31-42)50-27-23-38(35-56-50)16-19-41-29-39(17-14-36-21-25-48(54-33-36)43-8-3-1-4-9-43)28-40(30-41)18-15-37-22-26-49(55-34-37)44-10-5-2-6-11-44;/h1-8,10,12,20-31,33-35H,14-19H2;/q-3;+3/i14D2,15D2,16D2,17D2,18D2,19D2,20D,31D;. The van der Waals surface area contributed by atoms with Crippen molar-refractivity contribution in [3.8, 4) is 39.8 Å². The summed E-state index contributed by atoms with van der Waals surface area (Å²) < 4.78 is 135. The van der Waals surface area contributed by atoms with Gasteiger partial charge in [0.05, 0.1) is 20.0 Å². The molecule has 58 heavy (non-hydrogen) atoms. The van der Waals surface area contributed by atoms with E-state index in [9.17, 15) is 21.7 Å². The molecule has 6 heteroatoms. The molecular weight excluding hydrogens is 889 g/mol. The largest absolute Gasteiger partial charge is 3.00 e. The average molecular weight is 940 g/mol. The van der Waals surface area contributed by atoms with Gasteiger partial charge in [0.2, 0.25) is 0 Å². The van der Waals surface area contributed by atoms with Gasteiger partial charge in [-0.1, -0.05) is 71.6 Å². The number of pyridine rings is 3. The summed E-state index contributed by atoms with van der Waals surface area (Å²) in [7, 11) is 0. The predicted octanol–water partition coefficient (Wildman–Crippen LogP) is 11.4. The van der Waals surface area contributed by atoms with Gasteiger partial charge in [-0.15, -0.1) is 90.0 Å². The maximum atomic E-state index is 9.54. The van der Waals surface area contributed by atoms with Crippen LogP contribution in [0.4, 0.5) is 0 Å². The Morgan fingerprint density at radius 1 is 0.569 bits per heavy atom. The molecule has 0 aliphatic heterocycles. The summed E-state index contributed by atoms with van der Waals surface area (Å²) in [4.78, 5) is 13.2. The molecule has 4 heterocycles. The Labute approximate surface area is 372 Å². The van der Waals surface area contributed by atoms with Gasteiger partial charge in [0.1, 0.15) is 5.58 Å². The minimum Gasteiger partial charge on any atom is -0.501 e. The van der Waals surface area contributed by atoms with Gasteiger partial charge < -0.3 is 19.4 Å². The number of aromatic nitrogens is 3. The molecule has 0 unspecified atom stereocenters. The van der Waals surface area contributed by atoms with Gasteiger partial charge >= 0.3 is 20.1 Å². The van der Waals surface area contributed by atoms with Gasteiger partial charge in [0.25, 0.3) is 0 Å². The summed E-state index contributed by atoms with van der Waals surface area (Å²) in [5.41, 5.74) is 0.0872. The van der Waals surface area contributed by atoms with E-state index in [0.29, 0.717) is 33.3 Å². The van der Waals surface area contributed by atoms with Crippen molar-refractivity contribution in [2.24, 2.45) is 0 Å². The van der Waals surface area contributed by atoms with E-state index in [1.807, 2.05) is 6.07 Å². The molecule has 0 amide bonds. The Morgan fingerprint density at radius 3 is 1.55 bits per heavy atom. The molecule has 0 radical (unpaired) electrons. The number of furan rings is 1. The van der Waals surface area contributed by atoms with Crippen molar-refractivity contribution in [1.29, 1.82) is 5.26 Å². The topological polar surface area (TPSA) is 75.6 Å². The first-order chi connectivity index (χ1) is 33.5. The van der Waals surface area contributed by atoms with Crippen LogP contribution in [0.1, 0.15) is 58.1 Å². The number of hydrogen-bond donors (Lipinski definition) is 0. The van der Waals surface area contributed by atoms with Crippen LogP contribution in [0.15, 0.2) is 156 Å². The van der Waals surface area contributed by atoms with Crippen LogP contribution in [-0.4, -0.2) is 15.0 Å². The van der Waals surface area contributed by atoms with Crippen molar-refractivity contribution in [1.82, 2.24) is 15.0 Å². The van der Waals surface area contributed by atoms with Crippen molar-refractivity contribution in [3.05, 3.63) is 209 Å². The molecule has 0 fully saturated rings. The molecule has 0 bridgehead atoms. The second-order valence-corrected chi connectivity index (χ2v) is 12.7. The second kappa shape index (κ2) is 17.7. The number of rotatable bonds is 12. The van der Waals surface area contributed by atoms with E-state index < -0.39 is 54.9 Å². The van der Waals surface area contributed by atoms with Crippen LogP contribution in [-0.2, 0) is 58.3 Å². The summed E-state index contributed by atoms with van der Waals surface area (Å²) in [5.74, 6) is 0. The van der Waals surface area contributed by atoms with Crippen LogP contribution < -0.4 is 0 Å². The maximum absolute atomic E-state index is 9.54. The zero-order valence-corrected chi connectivity index (χ0v) is 32.7. The molecule has 9 rings (SSSR count). The summed E-state index contributed by atoms with van der Waals surface area (Å²) in [5, 5.41) is 10.5. The van der Waals surface area contributed by atoms with Gasteiger partial charge in [-0.2, -0.15) is 5.26 Å². The van der Waals surface area contributed by atoms with Crippen molar-refractivity contribution in [3.63, 3.8) is 0 Å². The Hall–Kier alpha value is -6.51. The quantitative estimate of drug-likeness (QED) is 0.114. The van der Waals surface area contributed by atoms with Crippen molar-refractivity contribution >= 4 is 21.9 Å². The first-order valence-corrected chi connectivity index (χ1v) is 17.8. The molecule has 0 saturated carbocycles. The summed E-state index contributed by atoms with van der Waals surface area (Å²) in [6, 6.07) is 40.3. The first-order valence-electron chi connectivity index (χ1n) is 24.8. The van der Waals surface area contributed by atoms with Gasteiger partial charge in [-0.25, -0.2) is 0 Å². The van der Waals surface area contributed by atoms with Crippen LogP contribution in [0.2, 0.25) is 0 Å². The summed E-state index contributed by atoms with van der Waals surface area (Å²) >= 11 is 0. The fourth-order valence-corrected chi connectivity index (χ4v) is 6.11. The second-order valence-electron chi connectivity index (χ2n) is 12.7. The van der Waals surface area contributed by atoms with Gasteiger partial charge in [-0.3, -0.25) is 0 Å². The average Bonchev–Trinajstić information content (AvgIpc) is 3.75. The Morgan fingerprint density at radius 2 is 1.09 bits per heavy atom. The molecule has 0 spiro atoms. The number of benzene rings is 5. The number of nitrogens with zero attached hydrogens (tertiary/aromatic N) is 4. The van der Waals surface area contributed by atoms with Crippen LogP contribution in [0.25, 0.3) is 55.7 Å².